The molecule has 24 heavy (non-hydrogen) atoms. The topological polar surface area (TPSA) is 71.4 Å². The first-order chi connectivity index (χ1) is 11.3. The maximum absolute atomic E-state index is 12.9. The van der Waals surface area contributed by atoms with Gasteiger partial charge in [0.05, 0.1) is 4.90 Å². The Bertz CT molecular complexity index is 884. The van der Waals surface area contributed by atoms with Gasteiger partial charge in [0.25, 0.3) is 5.91 Å². The van der Waals surface area contributed by atoms with Crippen molar-refractivity contribution in [3.05, 3.63) is 47.8 Å². The number of fused-ring (bicyclic) bond motifs is 1. The molecule has 0 fully saturated rings. The number of sulfonamides is 1. The first-order valence-corrected chi connectivity index (χ1v) is 9.38. The predicted octanol–water partition coefficient (Wildman–Crippen LogP) is 2.18. The van der Waals surface area contributed by atoms with Crippen LogP contribution in [0.5, 0.6) is 0 Å². The Hall–Kier alpha value is -2.12. The van der Waals surface area contributed by atoms with Gasteiger partial charge in [-0.15, -0.1) is 0 Å². The summed E-state index contributed by atoms with van der Waals surface area (Å²) < 4.78 is 28.1. The second-order valence-corrected chi connectivity index (χ2v) is 7.99. The van der Waals surface area contributed by atoms with E-state index in [0.717, 1.165) is 11.3 Å². The summed E-state index contributed by atoms with van der Waals surface area (Å²) in [6.07, 6.45) is 2.55. The summed E-state index contributed by atoms with van der Waals surface area (Å²) in [6.45, 7) is 4.62. The number of nitrogens with one attached hydrogen (secondary N) is 1. The molecule has 2 heterocycles. The summed E-state index contributed by atoms with van der Waals surface area (Å²) in [6, 6.07) is 8.79. The summed E-state index contributed by atoms with van der Waals surface area (Å²) in [4.78, 5) is 14.9. The van der Waals surface area contributed by atoms with Crippen LogP contribution in [0.4, 0.5) is 5.69 Å². The molecule has 0 radical (unpaired) electrons. The Balaban J connectivity index is 1.95. The van der Waals surface area contributed by atoms with Crippen molar-refractivity contribution < 1.29 is 13.2 Å². The lowest BCUT2D eigenvalue weighted by molar-refractivity contribution is 0.0979. The monoisotopic (exact) mass is 347 g/mol. The fraction of sp³-hybridized carbons (Fsp3) is 0.353. The van der Waals surface area contributed by atoms with Gasteiger partial charge in [0, 0.05) is 24.5 Å². The van der Waals surface area contributed by atoms with Crippen molar-refractivity contribution in [1.82, 2.24) is 9.29 Å². The van der Waals surface area contributed by atoms with Crippen molar-refractivity contribution in [2.75, 3.05) is 18.5 Å². The average molecular weight is 347 g/mol. The maximum Gasteiger partial charge on any atom is 0.274 e. The fourth-order valence-corrected chi connectivity index (χ4v) is 3.82. The van der Waals surface area contributed by atoms with E-state index in [9.17, 15) is 13.2 Å². The molecule has 1 aromatic carbocycles. The Kier molecular flexibility index (Phi) is 4.23. The van der Waals surface area contributed by atoms with Crippen molar-refractivity contribution in [2.24, 2.45) is 0 Å². The van der Waals surface area contributed by atoms with Crippen molar-refractivity contribution >= 4 is 21.6 Å². The highest BCUT2D eigenvalue weighted by molar-refractivity contribution is 7.89. The van der Waals surface area contributed by atoms with Gasteiger partial charge in [0.15, 0.2) is 0 Å². The van der Waals surface area contributed by atoms with E-state index in [1.54, 1.807) is 17.0 Å². The van der Waals surface area contributed by atoms with Crippen LogP contribution in [-0.4, -0.2) is 32.5 Å². The molecule has 1 aromatic heterocycles. The van der Waals surface area contributed by atoms with Gasteiger partial charge in [-0.25, -0.2) is 13.1 Å². The number of anilines is 1. The minimum Gasteiger partial charge on any atom is -0.341 e. The second-order valence-electron chi connectivity index (χ2n) is 6.10. The van der Waals surface area contributed by atoms with Gasteiger partial charge in [-0.3, -0.25) is 4.79 Å². The molecule has 7 heteroatoms. The highest BCUT2D eigenvalue weighted by atomic mass is 32.2. The lowest BCUT2D eigenvalue weighted by atomic mass is 10.2. The van der Waals surface area contributed by atoms with E-state index in [0.29, 0.717) is 18.7 Å². The predicted molar refractivity (Wildman–Crippen MR) is 92.9 cm³/mol. The van der Waals surface area contributed by atoms with Crippen molar-refractivity contribution in [3.8, 4) is 0 Å². The van der Waals surface area contributed by atoms with E-state index in [1.807, 2.05) is 36.7 Å². The highest BCUT2D eigenvalue weighted by Crippen LogP contribution is 2.31. The van der Waals surface area contributed by atoms with E-state index in [1.165, 1.54) is 13.1 Å². The molecule has 1 aliphatic rings. The second kappa shape index (κ2) is 6.07. The zero-order chi connectivity index (χ0) is 17.5. The van der Waals surface area contributed by atoms with Crippen molar-refractivity contribution in [2.45, 2.75) is 31.2 Å². The Morgan fingerprint density at radius 2 is 2.00 bits per heavy atom. The van der Waals surface area contributed by atoms with Gasteiger partial charge in [-0.2, -0.15) is 0 Å². The van der Waals surface area contributed by atoms with Crippen LogP contribution in [0.25, 0.3) is 0 Å². The number of rotatable bonds is 4. The summed E-state index contributed by atoms with van der Waals surface area (Å²) in [5, 5.41) is 0. The summed E-state index contributed by atoms with van der Waals surface area (Å²) >= 11 is 0. The third-order valence-electron chi connectivity index (χ3n) is 4.33. The molecule has 3 rings (SSSR count). The van der Waals surface area contributed by atoms with Crippen molar-refractivity contribution in [3.63, 3.8) is 0 Å². The van der Waals surface area contributed by atoms with E-state index < -0.39 is 10.0 Å². The van der Waals surface area contributed by atoms with Crippen LogP contribution in [0.2, 0.25) is 0 Å². The van der Waals surface area contributed by atoms with Crippen LogP contribution >= 0.6 is 0 Å². The number of amides is 1. The lowest BCUT2D eigenvalue weighted by Crippen LogP contribution is -2.31. The van der Waals surface area contributed by atoms with Crippen LogP contribution in [-0.2, 0) is 16.4 Å². The molecular formula is C17H21N3O3S. The summed E-state index contributed by atoms with van der Waals surface area (Å²) in [7, 11) is -2.09. The molecule has 1 amide bonds. The molecule has 128 valence electrons. The zero-order valence-corrected chi connectivity index (χ0v) is 14.8. The normalized spacial score (nSPS) is 14.2. The Morgan fingerprint density at radius 1 is 1.25 bits per heavy atom. The Morgan fingerprint density at radius 3 is 2.67 bits per heavy atom. The van der Waals surface area contributed by atoms with E-state index in [-0.39, 0.29) is 16.8 Å². The molecule has 1 N–H and O–H groups in total. The smallest absolute Gasteiger partial charge is 0.274 e. The van der Waals surface area contributed by atoms with Gasteiger partial charge in [0.1, 0.15) is 5.69 Å². The number of carbonyl (C=O) groups is 1. The molecule has 6 nitrogen and oxygen atoms in total. The van der Waals surface area contributed by atoms with E-state index in [2.05, 4.69) is 4.72 Å². The van der Waals surface area contributed by atoms with Crippen LogP contribution < -0.4 is 9.62 Å². The number of aromatic nitrogens is 1. The quantitative estimate of drug-likeness (QED) is 0.921. The molecule has 0 saturated heterocycles. The lowest BCUT2D eigenvalue weighted by Gasteiger charge is -2.20. The average Bonchev–Trinajstić information content (AvgIpc) is 3.20. The molecule has 0 bridgehead atoms. The van der Waals surface area contributed by atoms with Gasteiger partial charge < -0.3 is 9.47 Å². The molecular weight excluding hydrogens is 326 g/mol. The van der Waals surface area contributed by atoms with Gasteiger partial charge in [0.2, 0.25) is 10.0 Å². The van der Waals surface area contributed by atoms with E-state index in [4.69, 9.17) is 0 Å². The number of benzene rings is 1. The third-order valence-corrected chi connectivity index (χ3v) is 5.74. The minimum atomic E-state index is -3.48. The van der Waals surface area contributed by atoms with Gasteiger partial charge in [-0.05, 0) is 63.2 Å². The van der Waals surface area contributed by atoms with Gasteiger partial charge >= 0.3 is 0 Å². The number of hydrogen-bond donors (Lipinski definition) is 1. The largest absolute Gasteiger partial charge is 0.341 e. The standard InChI is InChI=1S/C17H21N3O3S/c1-12(2)19-9-4-5-16(19)17(21)20-10-8-13-11-14(6-7-15(13)20)24(22,23)18-3/h4-7,9,11-12,18H,8,10H2,1-3H3. The van der Waals surface area contributed by atoms with Crippen LogP contribution in [0, 0.1) is 0 Å². The van der Waals surface area contributed by atoms with Gasteiger partial charge in [-0.1, -0.05) is 0 Å². The van der Waals surface area contributed by atoms with Crippen molar-refractivity contribution in [1.29, 1.82) is 0 Å². The summed E-state index contributed by atoms with van der Waals surface area (Å²) in [5.41, 5.74) is 2.30. The summed E-state index contributed by atoms with van der Waals surface area (Å²) in [5.74, 6) is -0.0586. The number of hydrogen-bond acceptors (Lipinski definition) is 3. The first-order valence-electron chi connectivity index (χ1n) is 7.90. The molecule has 0 spiro atoms. The van der Waals surface area contributed by atoms with Crippen LogP contribution in [0.1, 0.15) is 35.9 Å². The number of carbonyl (C=O) groups excluding carboxylic acids is 1. The minimum absolute atomic E-state index is 0.0586. The fourth-order valence-electron chi connectivity index (χ4n) is 3.04. The Labute approximate surface area is 142 Å². The maximum atomic E-state index is 12.9. The van der Waals surface area contributed by atoms with Crippen LogP contribution in [0.15, 0.2) is 41.4 Å². The molecule has 0 aliphatic carbocycles. The van der Waals surface area contributed by atoms with Crippen LogP contribution in [0.3, 0.4) is 0 Å². The molecule has 1 aliphatic heterocycles. The first kappa shape index (κ1) is 16.7. The molecule has 2 aromatic rings. The SMILES string of the molecule is CNS(=O)(=O)c1ccc2c(c1)CCN2C(=O)c1cccn1C(C)C. The third kappa shape index (κ3) is 2.74. The molecule has 0 unspecified atom stereocenters. The highest BCUT2D eigenvalue weighted by Gasteiger charge is 2.28. The van der Waals surface area contributed by atoms with E-state index >= 15 is 0 Å². The molecule has 0 atom stereocenters. The number of nitrogens with zero attached hydrogens (tertiary/aromatic N) is 2. The zero-order valence-electron chi connectivity index (χ0n) is 14.0. The molecule has 0 saturated carbocycles.